The van der Waals surface area contributed by atoms with Gasteiger partial charge in [-0.05, 0) is 52.0 Å². The largest absolute Gasteiger partial charge is 0.444 e. The summed E-state index contributed by atoms with van der Waals surface area (Å²) in [6.07, 6.45) is -5.30. The monoisotopic (exact) mass is 717 g/mol. The van der Waals surface area contributed by atoms with Crippen molar-refractivity contribution in [3.05, 3.63) is 47.4 Å². The molecule has 0 aliphatic carbocycles. The summed E-state index contributed by atoms with van der Waals surface area (Å²) in [5.74, 6) is -2.72. The van der Waals surface area contributed by atoms with Gasteiger partial charge in [0.05, 0.1) is 35.6 Å². The van der Waals surface area contributed by atoms with Crippen molar-refractivity contribution in [2.24, 2.45) is 5.92 Å². The van der Waals surface area contributed by atoms with Gasteiger partial charge in [-0.25, -0.2) is 14.2 Å². The Balaban J connectivity index is 1.26. The molecule has 0 N–H and O–H groups in total. The molecular weight excluding hydrogens is 674 g/mol. The summed E-state index contributed by atoms with van der Waals surface area (Å²) in [6.45, 7) is 11.1. The molecule has 1 spiro atoms. The zero-order valence-electron chi connectivity index (χ0n) is 29.6. The summed E-state index contributed by atoms with van der Waals surface area (Å²) in [6, 6.07) is 4.86. The molecule has 2 atom stereocenters. The van der Waals surface area contributed by atoms with Crippen LogP contribution in [-0.2, 0) is 25.3 Å². The van der Waals surface area contributed by atoms with E-state index in [2.05, 4.69) is 9.88 Å². The molecule has 6 rings (SSSR count). The Morgan fingerprint density at radius 3 is 2.39 bits per heavy atom. The van der Waals surface area contributed by atoms with Crippen molar-refractivity contribution < 1.29 is 41.5 Å². The second-order valence-corrected chi connectivity index (χ2v) is 15.0. The lowest BCUT2D eigenvalue weighted by molar-refractivity contribution is -0.152. The molecule has 1 aromatic heterocycles. The molecule has 3 fully saturated rings. The van der Waals surface area contributed by atoms with E-state index in [1.807, 2.05) is 0 Å². The van der Waals surface area contributed by atoms with Crippen LogP contribution in [0, 0.1) is 18.7 Å². The van der Waals surface area contributed by atoms with Crippen molar-refractivity contribution in [2.75, 3.05) is 74.1 Å². The van der Waals surface area contributed by atoms with Gasteiger partial charge in [0.2, 0.25) is 17.7 Å². The number of piperazine rings is 1. The first-order valence-electron chi connectivity index (χ1n) is 17.0. The quantitative estimate of drug-likeness (QED) is 0.439. The molecule has 276 valence electrons. The highest BCUT2D eigenvalue weighted by Gasteiger charge is 2.54. The van der Waals surface area contributed by atoms with Crippen molar-refractivity contribution in [3.63, 3.8) is 0 Å². The molecule has 1 aromatic carbocycles. The number of ether oxygens (including phenoxy) is 1. The highest BCUT2D eigenvalue weighted by atomic mass is 19.4. The molecule has 51 heavy (non-hydrogen) atoms. The summed E-state index contributed by atoms with van der Waals surface area (Å²) in [7, 11) is 1.46. The molecule has 16 heteroatoms. The van der Waals surface area contributed by atoms with E-state index in [1.165, 1.54) is 37.9 Å². The van der Waals surface area contributed by atoms with E-state index in [0.29, 0.717) is 39.3 Å². The van der Waals surface area contributed by atoms with Gasteiger partial charge in [-0.2, -0.15) is 13.2 Å². The SMILES string of the molecule is CC(=O)N1CCN(CCN2C[C@H]3CC(=O)N(c4cc(C(F)(F)F)cc(C)n4)[C@@H]3C(=O)N(C)c3cccc(F)c32)CC12CN(C(=O)OC(C)(C)C)C2. The predicted molar refractivity (Wildman–Crippen MR) is 180 cm³/mol. The zero-order chi connectivity index (χ0) is 37.2. The number of rotatable bonds is 4. The highest BCUT2D eigenvalue weighted by Crippen LogP contribution is 2.42. The molecule has 2 aromatic rings. The maximum Gasteiger partial charge on any atom is 0.416 e. The first kappa shape index (κ1) is 36.3. The number of aryl methyl sites for hydroxylation is 1. The predicted octanol–water partition coefficient (Wildman–Crippen LogP) is 3.91. The molecule has 5 heterocycles. The minimum Gasteiger partial charge on any atom is -0.444 e. The lowest BCUT2D eigenvalue weighted by Gasteiger charge is -2.59. The molecule has 0 saturated carbocycles. The number of carbonyl (C=O) groups is 4. The topological polar surface area (TPSA) is 110 Å². The first-order valence-corrected chi connectivity index (χ1v) is 17.0. The minimum absolute atomic E-state index is 0.0417. The fourth-order valence-corrected chi connectivity index (χ4v) is 7.86. The van der Waals surface area contributed by atoms with E-state index >= 15 is 4.39 Å². The number of amides is 4. The average molecular weight is 718 g/mol. The molecule has 0 bridgehead atoms. The van der Waals surface area contributed by atoms with Crippen molar-refractivity contribution in [1.29, 1.82) is 0 Å². The smallest absolute Gasteiger partial charge is 0.416 e. The number of hydrogen-bond acceptors (Lipinski definition) is 8. The van der Waals surface area contributed by atoms with E-state index < -0.39 is 58.6 Å². The summed E-state index contributed by atoms with van der Waals surface area (Å²) < 4.78 is 62.6. The number of likely N-dealkylation sites (N-methyl/N-ethyl adjacent to an activating group) is 1. The summed E-state index contributed by atoms with van der Waals surface area (Å²) in [5, 5.41) is 0. The number of fused-ring (bicyclic) bond motifs is 2. The second-order valence-electron chi connectivity index (χ2n) is 15.0. The van der Waals surface area contributed by atoms with Gasteiger partial charge in [-0.15, -0.1) is 0 Å². The Morgan fingerprint density at radius 1 is 1.04 bits per heavy atom. The van der Waals surface area contributed by atoms with Gasteiger partial charge in [0, 0.05) is 71.3 Å². The maximum absolute atomic E-state index is 15.7. The van der Waals surface area contributed by atoms with Gasteiger partial charge in [0.25, 0.3) is 0 Å². The zero-order valence-corrected chi connectivity index (χ0v) is 29.6. The minimum atomic E-state index is -4.69. The molecule has 0 unspecified atom stereocenters. The van der Waals surface area contributed by atoms with E-state index in [0.717, 1.165) is 17.0 Å². The van der Waals surface area contributed by atoms with Gasteiger partial charge >= 0.3 is 12.3 Å². The van der Waals surface area contributed by atoms with Crippen LogP contribution in [0.15, 0.2) is 30.3 Å². The Labute approximate surface area is 293 Å². The van der Waals surface area contributed by atoms with Gasteiger partial charge in [0.1, 0.15) is 23.3 Å². The first-order chi connectivity index (χ1) is 23.8. The van der Waals surface area contributed by atoms with Gasteiger partial charge in [-0.3, -0.25) is 24.2 Å². The maximum atomic E-state index is 15.7. The summed E-state index contributed by atoms with van der Waals surface area (Å²) >= 11 is 0. The van der Waals surface area contributed by atoms with Crippen LogP contribution in [0.5, 0.6) is 0 Å². The third kappa shape index (κ3) is 6.94. The molecule has 3 saturated heterocycles. The molecular formula is C35H43F4N7O5. The summed E-state index contributed by atoms with van der Waals surface area (Å²) in [4.78, 5) is 66.9. The van der Waals surface area contributed by atoms with Gasteiger partial charge < -0.3 is 24.3 Å². The Hall–Kier alpha value is -4.47. The number of para-hydroxylation sites is 1. The van der Waals surface area contributed by atoms with Crippen LogP contribution in [0.1, 0.15) is 45.4 Å². The van der Waals surface area contributed by atoms with Crippen molar-refractivity contribution in [1.82, 2.24) is 19.7 Å². The fourth-order valence-electron chi connectivity index (χ4n) is 7.86. The van der Waals surface area contributed by atoms with E-state index in [1.54, 1.807) is 41.5 Å². The van der Waals surface area contributed by atoms with Crippen LogP contribution >= 0.6 is 0 Å². The number of pyridine rings is 1. The number of likely N-dealkylation sites (tertiary alicyclic amines) is 1. The number of alkyl halides is 3. The second kappa shape index (κ2) is 12.9. The van der Waals surface area contributed by atoms with Crippen molar-refractivity contribution in [3.8, 4) is 0 Å². The van der Waals surface area contributed by atoms with E-state index in [9.17, 15) is 32.3 Å². The molecule has 0 radical (unpaired) electrons. The molecule has 4 amide bonds. The third-order valence-electron chi connectivity index (χ3n) is 10.0. The lowest BCUT2D eigenvalue weighted by Crippen LogP contribution is -2.78. The average Bonchev–Trinajstić information content (AvgIpc) is 3.33. The number of anilines is 3. The van der Waals surface area contributed by atoms with Crippen LogP contribution in [0.25, 0.3) is 0 Å². The number of benzene rings is 1. The van der Waals surface area contributed by atoms with Gasteiger partial charge in [-0.1, -0.05) is 6.07 Å². The van der Waals surface area contributed by atoms with Crippen LogP contribution in [0.4, 0.5) is 39.5 Å². The Bertz CT molecular complexity index is 1740. The standard InChI is InChI=1S/C35H43F4N7O5/c1-21-14-24(35(37,38)39)16-27(40-21)46-28(48)15-23-17-43(30-25(36)8-7-9-26(30)41(6)31(49)29(23)46)12-10-42-11-13-45(22(2)47)34(18-42)19-44(20-34)32(50)51-33(3,4)5/h7-9,14,16,23,29H,10-13,15,17-20H2,1-6H3/t23-,29+/m1/s1. The van der Waals surface area contributed by atoms with Gasteiger partial charge in [0.15, 0.2) is 0 Å². The number of halogens is 4. The number of hydrogen-bond donors (Lipinski definition) is 0. The Morgan fingerprint density at radius 2 is 1.75 bits per heavy atom. The molecule has 4 aliphatic heterocycles. The number of aromatic nitrogens is 1. The molecule has 12 nitrogen and oxygen atoms in total. The van der Waals surface area contributed by atoms with Crippen LogP contribution in [0.3, 0.4) is 0 Å². The van der Waals surface area contributed by atoms with E-state index in [-0.39, 0.29) is 48.3 Å². The van der Waals surface area contributed by atoms with Crippen molar-refractivity contribution in [2.45, 2.75) is 64.4 Å². The third-order valence-corrected chi connectivity index (χ3v) is 10.0. The van der Waals surface area contributed by atoms with Crippen molar-refractivity contribution >= 4 is 41.0 Å². The lowest BCUT2D eigenvalue weighted by atomic mass is 9.85. The Kier molecular flexibility index (Phi) is 9.22. The number of nitrogens with zero attached hydrogens (tertiary/aromatic N) is 7. The summed E-state index contributed by atoms with van der Waals surface area (Å²) in [5.41, 5.74) is -1.78. The fraction of sp³-hybridized carbons (Fsp3) is 0.571. The van der Waals surface area contributed by atoms with Crippen LogP contribution < -0.4 is 14.7 Å². The van der Waals surface area contributed by atoms with E-state index in [4.69, 9.17) is 4.74 Å². The molecule has 4 aliphatic rings. The highest BCUT2D eigenvalue weighted by molar-refractivity contribution is 6.10. The normalized spacial score (nSPS) is 22.4. The number of carbonyl (C=O) groups excluding carboxylic acids is 4. The van der Waals surface area contributed by atoms with Crippen LogP contribution in [-0.4, -0.2) is 120 Å². The van der Waals surface area contributed by atoms with Crippen LogP contribution in [0.2, 0.25) is 0 Å².